The topological polar surface area (TPSA) is 62.4 Å². The van der Waals surface area contributed by atoms with Gasteiger partial charge in [0.1, 0.15) is 5.75 Å². The van der Waals surface area contributed by atoms with Crippen molar-refractivity contribution in [3.63, 3.8) is 0 Å². The summed E-state index contributed by atoms with van der Waals surface area (Å²) in [6.45, 7) is 3.83. The minimum absolute atomic E-state index is 0.178. The van der Waals surface area contributed by atoms with E-state index in [9.17, 15) is 4.79 Å². The number of anilines is 1. The van der Waals surface area contributed by atoms with Crippen LogP contribution in [-0.2, 0) is 4.79 Å². The highest BCUT2D eigenvalue weighted by atomic mass is 35.5. The number of ether oxygens (including phenoxy) is 1. The third-order valence-electron chi connectivity index (χ3n) is 2.99. The number of hydrazine groups is 1. The van der Waals surface area contributed by atoms with Crippen molar-refractivity contribution in [1.29, 1.82) is 0 Å². The maximum absolute atomic E-state index is 11.8. The summed E-state index contributed by atoms with van der Waals surface area (Å²) in [5, 5.41) is 3.74. The van der Waals surface area contributed by atoms with Crippen molar-refractivity contribution in [2.75, 3.05) is 11.9 Å². The fourth-order valence-corrected chi connectivity index (χ4v) is 2.44. The number of halogens is 1. The zero-order valence-electron chi connectivity index (χ0n) is 13.4. The van der Waals surface area contributed by atoms with Gasteiger partial charge in [-0.15, -0.1) is 0 Å². The van der Waals surface area contributed by atoms with E-state index in [1.165, 1.54) is 0 Å². The molecule has 0 aromatic heterocycles. The summed E-state index contributed by atoms with van der Waals surface area (Å²) in [6.07, 6.45) is 0. The van der Waals surface area contributed by atoms with Gasteiger partial charge in [0.2, 0.25) is 0 Å². The van der Waals surface area contributed by atoms with Gasteiger partial charge in [-0.25, -0.2) is 0 Å². The van der Waals surface area contributed by atoms with Crippen molar-refractivity contribution in [2.24, 2.45) is 0 Å². The van der Waals surface area contributed by atoms with E-state index in [-0.39, 0.29) is 17.6 Å². The van der Waals surface area contributed by atoms with E-state index in [1.54, 1.807) is 24.3 Å². The molecule has 0 saturated carbocycles. The summed E-state index contributed by atoms with van der Waals surface area (Å²) < 4.78 is 5.33. The van der Waals surface area contributed by atoms with Gasteiger partial charge < -0.3 is 10.1 Å². The van der Waals surface area contributed by atoms with Gasteiger partial charge in [0.05, 0.1) is 5.02 Å². The molecule has 0 aliphatic rings. The number of carbonyl (C=O) groups excluding carboxylic acids is 1. The standard InChI is InChI=1S/C17H18ClN3O2S/c1-11-7-12(2)9-13(8-11)19-17(24)21-20-16(22)10-23-15-6-4-3-5-14(15)18/h3-9H,10H2,1-2H3,(H,20,22)(H2,19,21,24). The van der Waals surface area contributed by atoms with E-state index in [2.05, 4.69) is 22.2 Å². The Morgan fingerprint density at radius 3 is 2.46 bits per heavy atom. The zero-order chi connectivity index (χ0) is 17.5. The van der Waals surface area contributed by atoms with Crippen molar-refractivity contribution in [2.45, 2.75) is 13.8 Å². The Morgan fingerprint density at radius 2 is 1.79 bits per heavy atom. The van der Waals surface area contributed by atoms with E-state index in [0.717, 1.165) is 16.8 Å². The quantitative estimate of drug-likeness (QED) is 0.574. The van der Waals surface area contributed by atoms with Gasteiger partial charge in [-0.3, -0.25) is 15.6 Å². The predicted molar refractivity (Wildman–Crippen MR) is 100 cm³/mol. The van der Waals surface area contributed by atoms with Gasteiger partial charge in [-0.05, 0) is 61.5 Å². The first-order valence-electron chi connectivity index (χ1n) is 7.25. The van der Waals surface area contributed by atoms with Crippen molar-refractivity contribution < 1.29 is 9.53 Å². The van der Waals surface area contributed by atoms with Crippen molar-refractivity contribution in [1.82, 2.24) is 10.9 Å². The van der Waals surface area contributed by atoms with Gasteiger partial charge in [0, 0.05) is 5.69 Å². The third-order valence-corrected chi connectivity index (χ3v) is 3.51. The summed E-state index contributed by atoms with van der Waals surface area (Å²) in [5.74, 6) is 0.0738. The molecule has 0 unspecified atom stereocenters. The molecule has 0 radical (unpaired) electrons. The number of carbonyl (C=O) groups is 1. The second-order valence-corrected chi connectivity index (χ2v) is 6.04. The number of thiocarbonyl (C=S) groups is 1. The first-order chi connectivity index (χ1) is 11.4. The molecule has 126 valence electrons. The number of para-hydroxylation sites is 1. The molecule has 0 fully saturated rings. The Balaban J connectivity index is 1.77. The number of hydrogen-bond donors (Lipinski definition) is 3. The lowest BCUT2D eigenvalue weighted by Crippen LogP contribution is -2.45. The van der Waals surface area contributed by atoms with Crippen LogP contribution in [0.5, 0.6) is 5.75 Å². The maximum atomic E-state index is 11.8. The molecule has 5 nitrogen and oxygen atoms in total. The lowest BCUT2D eigenvalue weighted by Gasteiger charge is -2.13. The molecule has 0 heterocycles. The summed E-state index contributed by atoms with van der Waals surface area (Å²) in [4.78, 5) is 11.8. The Morgan fingerprint density at radius 1 is 1.12 bits per heavy atom. The molecule has 2 aromatic rings. The smallest absolute Gasteiger partial charge is 0.276 e. The number of nitrogens with one attached hydrogen (secondary N) is 3. The molecule has 3 N–H and O–H groups in total. The monoisotopic (exact) mass is 363 g/mol. The van der Waals surface area contributed by atoms with Crippen LogP contribution in [-0.4, -0.2) is 17.6 Å². The molecule has 0 bridgehead atoms. The van der Waals surface area contributed by atoms with Crippen LogP contribution in [0.3, 0.4) is 0 Å². The second kappa shape index (κ2) is 8.52. The molecule has 0 aliphatic carbocycles. The van der Waals surface area contributed by atoms with Crippen LogP contribution in [0, 0.1) is 13.8 Å². The zero-order valence-corrected chi connectivity index (χ0v) is 14.9. The molecular weight excluding hydrogens is 346 g/mol. The molecule has 0 saturated heterocycles. The second-order valence-electron chi connectivity index (χ2n) is 5.22. The normalized spacial score (nSPS) is 9.96. The van der Waals surface area contributed by atoms with E-state index >= 15 is 0 Å². The SMILES string of the molecule is Cc1cc(C)cc(NC(=S)NNC(=O)COc2ccccc2Cl)c1. The summed E-state index contributed by atoms with van der Waals surface area (Å²) >= 11 is 11.1. The number of benzene rings is 2. The molecule has 7 heteroatoms. The van der Waals surface area contributed by atoms with E-state index in [0.29, 0.717) is 10.8 Å². The number of hydrogen-bond acceptors (Lipinski definition) is 3. The third kappa shape index (κ3) is 5.72. The largest absolute Gasteiger partial charge is 0.482 e. The van der Waals surface area contributed by atoms with Crippen molar-refractivity contribution in [3.8, 4) is 5.75 Å². The summed E-state index contributed by atoms with van der Waals surface area (Å²) in [7, 11) is 0. The van der Waals surface area contributed by atoms with Gasteiger partial charge in [-0.1, -0.05) is 29.8 Å². The average Bonchev–Trinajstić information content (AvgIpc) is 2.51. The first kappa shape index (κ1) is 18.0. The molecule has 2 aromatic carbocycles. The van der Waals surface area contributed by atoms with Crippen molar-refractivity contribution in [3.05, 3.63) is 58.6 Å². The molecule has 1 amide bonds. The lowest BCUT2D eigenvalue weighted by atomic mass is 10.1. The summed E-state index contributed by atoms with van der Waals surface area (Å²) in [5.41, 5.74) is 8.19. The molecule has 24 heavy (non-hydrogen) atoms. The number of amides is 1. The van der Waals surface area contributed by atoms with Gasteiger partial charge in [-0.2, -0.15) is 0 Å². The number of rotatable bonds is 4. The van der Waals surface area contributed by atoms with Crippen LogP contribution >= 0.6 is 23.8 Å². The fraction of sp³-hybridized carbons (Fsp3) is 0.176. The van der Waals surface area contributed by atoms with E-state index in [4.69, 9.17) is 28.6 Å². The van der Waals surface area contributed by atoms with Crippen LogP contribution in [0.25, 0.3) is 0 Å². The molecular formula is C17H18ClN3O2S. The Kier molecular flexibility index (Phi) is 6.40. The van der Waals surface area contributed by atoms with Crippen LogP contribution < -0.4 is 20.9 Å². The highest BCUT2D eigenvalue weighted by molar-refractivity contribution is 7.80. The van der Waals surface area contributed by atoms with Crippen LogP contribution in [0.2, 0.25) is 5.02 Å². The van der Waals surface area contributed by atoms with E-state index in [1.807, 2.05) is 26.0 Å². The van der Waals surface area contributed by atoms with Gasteiger partial charge in [0.25, 0.3) is 5.91 Å². The highest BCUT2D eigenvalue weighted by Gasteiger charge is 2.06. The van der Waals surface area contributed by atoms with Crippen LogP contribution in [0.4, 0.5) is 5.69 Å². The van der Waals surface area contributed by atoms with Crippen LogP contribution in [0.15, 0.2) is 42.5 Å². The Labute approximate surface area is 151 Å². The van der Waals surface area contributed by atoms with Crippen LogP contribution in [0.1, 0.15) is 11.1 Å². The van der Waals surface area contributed by atoms with Gasteiger partial charge >= 0.3 is 0 Å². The van der Waals surface area contributed by atoms with Gasteiger partial charge in [0.15, 0.2) is 11.7 Å². The maximum Gasteiger partial charge on any atom is 0.276 e. The lowest BCUT2D eigenvalue weighted by molar-refractivity contribution is -0.123. The van der Waals surface area contributed by atoms with Crippen molar-refractivity contribution >= 4 is 40.5 Å². The molecule has 0 spiro atoms. The highest BCUT2D eigenvalue weighted by Crippen LogP contribution is 2.22. The first-order valence-corrected chi connectivity index (χ1v) is 8.04. The number of aryl methyl sites for hydroxylation is 2. The Bertz CT molecular complexity index is 732. The molecule has 0 aliphatic heterocycles. The fourth-order valence-electron chi connectivity index (χ4n) is 2.08. The Hall–Kier alpha value is -2.31. The average molecular weight is 364 g/mol. The minimum Gasteiger partial charge on any atom is -0.482 e. The molecule has 2 rings (SSSR count). The summed E-state index contributed by atoms with van der Waals surface area (Å²) in [6, 6.07) is 12.9. The predicted octanol–water partition coefficient (Wildman–Crippen LogP) is 3.35. The van der Waals surface area contributed by atoms with E-state index < -0.39 is 0 Å². The minimum atomic E-state index is -0.375. The molecule has 0 atom stereocenters.